The van der Waals surface area contributed by atoms with Gasteiger partial charge in [0.05, 0.1) is 7.11 Å². The molecule has 0 bridgehead atoms. The molecule has 0 heterocycles. The van der Waals surface area contributed by atoms with Gasteiger partial charge < -0.3 is 10.1 Å². The van der Waals surface area contributed by atoms with Crippen molar-refractivity contribution in [3.8, 4) is 5.75 Å². The first-order valence-electron chi connectivity index (χ1n) is 5.44. The van der Waals surface area contributed by atoms with Gasteiger partial charge in [-0.05, 0) is 30.5 Å². The van der Waals surface area contributed by atoms with Crippen LogP contribution in [-0.2, 0) is 16.6 Å². The molecule has 1 saturated carbocycles. The van der Waals surface area contributed by atoms with Crippen molar-refractivity contribution in [2.24, 2.45) is 5.14 Å². The van der Waals surface area contributed by atoms with E-state index in [0.717, 1.165) is 5.56 Å². The number of primary sulfonamides is 1. The molecule has 0 atom stereocenters. The van der Waals surface area contributed by atoms with Gasteiger partial charge in [-0.2, -0.15) is 0 Å². The van der Waals surface area contributed by atoms with Crippen LogP contribution in [0.3, 0.4) is 0 Å². The molecule has 0 amide bonds. The normalized spacial score (nSPS) is 15.9. The number of nitrogens with one attached hydrogen (secondary N) is 1. The fourth-order valence-electron chi connectivity index (χ4n) is 1.60. The van der Waals surface area contributed by atoms with E-state index in [1.807, 2.05) is 6.07 Å². The minimum absolute atomic E-state index is 0.0371. The average Bonchev–Trinajstić information content (AvgIpc) is 3.08. The van der Waals surface area contributed by atoms with E-state index >= 15 is 0 Å². The van der Waals surface area contributed by atoms with Gasteiger partial charge >= 0.3 is 0 Å². The molecule has 0 unspecified atom stereocenters. The Morgan fingerprint density at radius 2 is 2.18 bits per heavy atom. The molecule has 1 aliphatic rings. The van der Waals surface area contributed by atoms with Crippen LogP contribution in [0, 0.1) is 0 Å². The van der Waals surface area contributed by atoms with E-state index in [1.54, 1.807) is 12.1 Å². The fraction of sp³-hybridized carbons (Fsp3) is 0.455. The Hall–Kier alpha value is -1.11. The highest BCUT2D eigenvalue weighted by molar-refractivity contribution is 7.89. The van der Waals surface area contributed by atoms with Gasteiger partial charge in [-0.3, -0.25) is 0 Å². The van der Waals surface area contributed by atoms with Crippen LogP contribution < -0.4 is 15.2 Å². The zero-order valence-corrected chi connectivity index (χ0v) is 10.5. The molecular weight excluding hydrogens is 240 g/mol. The van der Waals surface area contributed by atoms with Gasteiger partial charge in [0.2, 0.25) is 10.0 Å². The third-order valence-corrected chi connectivity index (χ3v) is 3.64. The Bertz CT molecular complexity index is 509. The van der Waals surface area contributed by atoms with Crippen molar-refractivity contribution in [3.63, 3.8) is 0 Å². The first-order valence-corrected chi connectivity index (χ1v) is 6.98. The van der Waals surface area contributed by atoms with Crippen molar-refractivity contribution in [1.29, 1.82) is 0 Å². The van der Waals surface area contributed by atoms with Gasteiger partial charge in [0.25, 0.3) is 0 Å². The third kappa shape index (κ3) is 3.18. The number of hydrogen-bond donors (Lipinski definition) is 2. The van der Waals surface area contributed by atoms with E-state index in [9.17, 15) is 8.42 Å². The molecule has 6 heteroatoms. The largest absolute Gasteiger partial charge is 0.495 e. The zero-order chi connectivity index (χ0) is 12.5. The number of nitrogens with two attached hydrogens (primary N) is 1. The Morgan fingerprint density at radius 3 is 2.71 bits per heavy atom. The van der Waals surface area contributed by atoms with E-state index < -0.39 is 10.0 Å². The minimum atomic E-state index is -3.74. The van der Waals surface area contributed by atoms with Crippen molar-refractivity contribution in [1.82, 2.24) is 5.32 Å². The predicted octanol–water partition coefficient (Wildman–Crippen LogP) is 0.595. The molecule has 17 heavy (non-hydrogen) atoms. The van der Waals surface area contributed by atoms with Gasteiger partial charge in [0.1, 0.15) is 10.6 Å². The monoisotopic (exact) mass is 256 g/mol. The molecule has 0 saturated heterocycles. The first-order chi connectivity index (χ1) is 8.00. The minimum Gasteiger partial charge on any atom is -0.495 e. The van der Waals surface area contributed by atoms with Crippen LogP contribution in [0.15, 0.2) is 23.1 Å². The molecule has 3 N–H and O–H groups in total. The van der Waals surface area contributed by atoms with Gasteiger partial charge in [-0.25, -0.2) is 13.6 Å². The second kappa shape index (κ2) is 4.64. The number of benzene rings is 1. The summed E-state index contributed by atoms with van der Waals surface area (Å²) in [6, 6.07) is 5.60. The van der Waals surface area contributed by atoms with Crippen LogP contribution in [0.25, 0.3) is 0 Å². The maximum atomic E-state index is 11.4. The lowest BCUT2D eigenvalue weighted by atomic mass is 10.2. The lowest BCUT2D eigenvalue weighted by molar-refractivity contribution is 0.402. The van der Waals surface area contributed by atoms with Crippen LogP contribution in [0.4, 0.5) is 0 Å². The third-order valence-electron chi connectivity index (χ3n) is 2.71. The van der Waals surface area contributed by atoms with Crippen LogP contribution in [0.1, 0.15) is 18.4 Å². The highest BCUT2D eigenvalue weighted by Gasteiger charge is 2.21. The quantitative estimate of drug-likeness (QED) is 0.808. The Kier molecular flexibility index (Phi) is 3.37. The first kappa shape index (κ1) is 12.3. The molecule has 1 fully saturated rings. The summed E-state index contributed by atoms with van der Waals surface area (Å²) in [5.74, 6) is 0.280. The molecule has 1 aliphatic carbocycles. The van der Waals surface area contributed by atoms with E-state index in [-0.39, 0.29) is 10.6 Å². The van der Waals surface area contributed by atoms with E-state index in [1.165, 1.54) is 20.0 Å². The Morgan fingerprint density at radius 1 is 1.47 bits per heavy atom. The summed E-state index contributed by atoms with van der Waals surface area (Å²) in [5.41, 5.74) is 0.890. The maximum absolute atomic E-state index is 11.4. The molecule has 5 nitrogen and oxygen atoms in total. The van der Waals surface area contributed by atoms with Crippen LogP contribution in [0.2, 0.25) is 0 Å². The summed E-state index contributed by atoms with van der Waals surface area (Å²) < 4.78 is 27.8. The van der Waals surface area contributed by atoms with E-state index in [2.05, 4.69) is 5.32 Å². The SMILES string of the molecule is COc1ccc(CNC2CC2)cc1S(N)(=O)=O. The van der Waals surface area contributed by atoms with Gasteiger partial charge in [0.15, 0.2) is 0 Å². The molecule has 1 aromatic carbocycles. The van der Waals surface area contributed by atoms with Gasteiger partial charge in [-0.1, -0.05) is 6.07 Å². The lowest BCUT2D eigenvalue weighted by Crippen LogP contribution is -2.17. The smallest absolute Gasteiger partial charge is 0.241 e. The summed E-state index contributed by atoms with van der Waals surface area (Å²) in [6.07, 6.45) is 2.39. The van der Waals surface area contributed by atoms with Crippen molar-refractivity contribution in [2.75, 3.05) is 7.11 Å². The average molecular weight is 256 g/mol. The van der Waals surface area contributed by atoms with Crippen molar-refractivity contribution >= 4 is 10.0 Å². The van der Waals surface area contributed by atoms with Crippen LogP contribution in [0.5, 0.6) is 5.75 Å². The second-order valence-electron chi connectivity index (χ2n) is 4.19. The lowest BCUT2D eigenvalue weighted by Gasteiger charge is -2.09. The van der Waals surface area contributed by atoms with Gasteiger partial charge in [-0.15, -0.1) is 0 Å². The molecule has 0 radical (unpaired) electrons. The van der Waals surface area contributed by atoms with Crippen molar-refractivity contribution < 1.29 is 13.2 Å². The number of methoxy groups -OCH3 is 1. The summed E-state index contributed by atoms with van der Waals surface area (Å²) in [6.45, 7) is 0.650. The molecular formula is C11H16N2O3S. The summed E-state index contributed by atoms with van der Waals surface area (Å²) in [4.78, 5) is 0.0371. The summed E-state index contributed by atoms with van der Waals surface area (Å²) in [7, 11) is -2.32. The Balaban J connectivity index is 2.23. The van der Waals surface area contributed by atoms with Gasteiger partial charge in [0, 0.05) is 12.6 Å². The number of hydrogen-bond acceptors (Lipinski definition) is 4. The predicted molar refractivity (Wildman–Crippen MR) is 64.2 cm³/mol. The number of ether oxygens (including phenoxy) is 1. The molecule has 0 spiro atoms. The summed E-state index contributed by atoms with van der Waals surface area (Å²) in [5, 5.41) is 8.45. The van der Waals surface area contributed by atoms with E-state index in [4.69, 9.17) is 9.88 Å². The van der Waals surface area contributed by atoms with E-state index in [0.29, 0.717) is 12.6 Å². The highest BCUT2D eigenvalue weighted by Crippen LogP contribution is 2.24. The molecule has 0 aliphatic heterocycles. The molecule has 2 rings (SSSR count). The molecule has 94 valence electrons. The molecule has 1 aromatic rings. The highest BCUT2D eigenvalue weighted by atomic mass is 32.2. The second-order valence-corrected chi connectivity index (χ2v) is 5.72. The summed E-state index contributed by atoms with van der Waals surface area (Å²) >= 11 is 0. The number of sulfonamides is 1. The van der Waals surface area contributed by atoms with Crippen molar-refractivity contribution in [2.45, 2.75) is 30.3 Å². The fourth-order valence-corrected chi connectivity index (χ4v) is 2.35. The molecule has 0 aromatic heterocycles. The maximum Gasteiger partial charge on any atom is 0.241 e. The standard InChI is InChI=1S/C11H16N2O3S/c1-16-10-5-2-8(7-13-9-3-4-9)6-11(10)17(12,14)15/h2,5-6,9,13H,3-4,7H2,1H3,(H2,12,14,15). The van der Waals surface area contributed by atoms with Crippen LogP contribution >= 0.6 is 0 Å². The zero-order valence-electron chi connectivity index (χ0n) is 9.64. The van der Waals surface area contributed by atoms with Crippen LogP contribution in [-0.4, -0.2) is 21.6 Å². The van der Waals surface area contributed by atoms with Crippen molar-refractivity contribution in [3.05, 3.63) is 23.8 Å². The Labute approximate surface area is 101 Å². The topological polar surface area (TPSA) is 81.4 Å². The number of rotatable bonds is 5.